The third-order valence-corrected chi connectivity index (χ3v) is 5.37. The van der Waals surface area contributed by atoms with E-state index in [0.717, 1.165) is 5.01 Å². The zero-order valence-corrected chi connectivity index (χ0v) is 14.4. The van der Waals surface area contributed by atoms with Crippen LogP contribution in [0.2, 0.25) is 0 Å². The van der Waals surface area contributed by atoms with Crippen molar-refractivity contribution < 1.29 is 14.4 Å². The summed E-state index contributed by atoms with van der Waals surface area (Å²) in [4.78, 5) is 38.2. The van der Waals surface area contributed by atoms with Gasteiger partial charge < -0.3 is 0 Å². The largest absolute Gasteiger partial charge is 0.298 e. The van der Waals surface area contributed by atoms with Crippen LogP contribution in [-0.2, 0) is 4.79 Å². The van der Waals surface area contributed by atoms with Crippen LogP contribution in [-0.4, -0.2) is 39.3 Å². The van der Waals surface area contributed by atoms with E-state index in [-0.39, 0.29) is 5.78 Å². The molecule has 2 fully saturated rings. The molecule has 1 aliphatic carbocycles. The van der Waals surface area contributed by atoms with E-state index < -0.39 is 23.5 Å². The Hall–Kier alpha value is -3.19. The van der Waals surface area contributed by atoms with Gasteiger partial charge in [0.1, 0.15) is 6.04 Å². The molecular formula is C20H16N4O3. The highest BCUT2D eigenvalue weighted by Gasteiger charge is 2.73. The van der Waals surface area contributed by atoms with Crippen LogP contribution >= 0.6 is 0 Å². The van der Waals surface area contributed by atoms with Gasteiger partial charge in [-0.25, -0.2) is 0 Å². The lowest BCUT2D eigenvalue weighted by molar-refractivity contribution is -0.120. The summed E-state index contributed by atoms with van der Waals surface area (Å²) in [5.74, 6) is -0.830. The van der Waals surface area contributed by atoms with Crippen molar-refractivity contribution in [1.29, 1.82) is 0 Å². The zero-order valence-electron chi connectivity index (χ0n) is 14.4. The molecule has 0 aromatic heterocycles. The van der Waals surface area contributed by atoms with Crippen molar-refractivity contribution in [3.05, 3.63) is 65.7 Å². The Bertz CT molecular complexity index is 968. The minimum absolute atomic E-state index is 0.00943. The first kappa shape index (κ1) is 16.0. The van der Waals surface area contributed by atoms with Gasteiger partial charge in [-0.2, -0.15) is 20.2 Å². The molecule has 1 saturated carbocycles. The molecule has 0 N–H and O–H groups in total. The lowest BCUT2D eigenvalue weighted by Gasteiger charge is -2.18. The number of imide groups is 1. The first-order valence-corrected chi connectivity index (χ1v) is 8.91. The van der Waals surface area contributed by atoms with Gasteiger partial charge in [0.15, 0.2) is 11.4 Å². The van der Waals surface area contributed by atoms with Gasteiger partial charge in [0.25, 0.3) is 11.8 Å². The summed E-state index contributed by atoms with van der Waals surface area (Å²) < 4.78 is 0. The van der Waals surface area contributed by atoms with Crippen molar-refractivity contribution in [2.75, 3.05) is 0 Å². The predicted molar refractivity (Wildman–Crippen MR) is 95.1 cm³/mol. The lowest BCUT2D eigenvalue weighted by Crippen LogP contribution is -2.39. The van der Waals surface area contributed by atoms with E-state index in [4.69, 9.17) is 0 Å². The van der Waals surface area contributed by atoms with Crippen molar-refractivity contribution in [2.45, 2.75) is 31.0 Å². The molecule has 7 nitrogen and oxygen atoms in total. The monoisotopic (exact) mass is 360 g/mol. The highest BCUT2D eigenvalue weighted by atomic mass is 16.2. The maximum atomic E-state index is 12.8. The molecule has 2 amide bonds. The van der Waals surface area contributed by atoms with Gasteiger partial charge in [0, 0.05) is 6.42 Å². The van der Waals surface area contributed by atoms with E-state index in [1.54, 1.807) is 24.3 Å². The molecule has 134 valence electrons. The maximum Gasteiger partial charge on any atom is 0.276 e. The molecule has 0 spiro atoms. The van der Waals surface area contributed by atoms with Crippen LogP contribution in [0.4, 0.5) is 5.69 Å². The molecule has 3 unspecified atom stereocenters. The van der Waals surface area contributed by atoms with Crippen molar-refractivity contribution in [1.82, 2.24) is 10.0 Å². The SMILES string of the molecule is O=C1CCCC2(N=Nc3ccccc3)C1N2N1C(=O)c2ccccc2C1=O. The number of azo groups is 1. The summed E-state index contributed by atoms with van der Waals surface area (Å²) in [7, 11) is 0. The summed E-state index contributed by atoms with van der Waals surface area (Å²) in [5, 5.41) is 11.3. The van der Waals surface area contributed by atoms with Crippen LogP contribution in [0.1, 0.15) is 40.0 Å². The zero-order chi connectivity index (χ0) is 18.6. The topological polar surface area (TPSA) is 82.2 Å². The Morgan fingerprint density at radius 2 is 1.52 bits per heavy atom. The number of hydrazine groups is 1. The molecular weight excluding hydrogens is 344 g/mol. The number of nitrogens with zero attached hydrogens (tertiary/aromatic N) is 4. The molecule has 0 bridgehead atoms. The molecule has 2 aromatic rings. The third kappa shape index (κ3) is 2.21. The Kier molecular flexibility index (Phi) is 3.35. The number of carbonyl (C=O) groups is 3. The van der Waals surface area contributed by atoms with Crippen LogP contribution in [0.15, 0.2) is 64.8 Å². The van der Waals surface area contributed by atoms with E-state index in [1.165, 1.54) is 5.01 Å². The van der Waals surface area contributed by atoms with Gasteiger partial charge in [-0.15, -0.1) is 0 Å². The molecule has 2 heterocycles. The molecule has 7 heteroatoms. The normalized spacial score (nSPS) is 29.2. The second kappa shape index (κ2) is 5.65. The van der Waals surface area contributed by atoms with E-state index in [9.17, 15) is 14.4 Å². The summed E-state index contributed by atoms with van der Waals surface area (Å²) in [6.45, 7) is 0. The Morgan fingerprint density at radius 3 is 2.19 bits per heavy atom. The number of hydrogen-bond acceptors (Lipinski definition) is 6. The third-order valence-electron chi connectivity index (χ3n) is 5.37. The fourth-order valence-electron chi connectivity index (χ4n) is 4.06. The van der Waals surface area contributed by atoms with Crippen LogP contribution in [0.3, 0.4) is 0 Å². The summed E-state index contributed by atoms with van der Waals surface area (Å²) in [6.07, 6.45) is 1.66. The van der Waals surface area contributed by atoms with Crippen molar-refractivity contribution in [2.24, 2.45) is 10.2 Å². The number of fused-ring (bicyclic) bond motifs is 2. The molecule has 27 heavy (non-hydrogen) atoms. The van der Waals surface area contributed by atoms with Crippen molar-refractivity contribution >= 4 is 23.3 Å². The molecule has 5 rings (SSSR count). The van der Waals surface area contributed by atoms with E-state index in [2.05, 4.69) is 10.2 Å². The van der Waals surface area contributed by atoms with Crippen molar-refractivity contribution in [3.8, 4) is 0 Å². The summed E-state index contributed by atoms with van der Waals surface area (Å²) >= 11 is 0. The quantitative estimate of drug-likeness (QED) is 0.478. The second-order valence-corrected chi connectivity index (χ2v) is 6.95. The average molecular weight is 360 g/mol. The van der Waals surface area contributed by atoms with E-state index in [1.807, 2.05) is 30.3 Å². The van der Waals surface area contributed by atoms with Gasteiger partial charge in [-0.3, -0.25) is 14.4 Å². The fraction of sp³-hybridized carbons (Fsp3) is 0.250. The molecule has 3 aliphatic rings. The molecule has 0 radical (unpaired) electrons. The summed E-state index contributed by atoms with van der Waals surface area (Å²) in [6, 6.07) is 15.3. The molecule has 2 aromatic carbocycles. The average Bonchev–Trinajstić information content (AvgIpc) is 3.30. The molecule has 2 aliphatic heterocycles. The second-order valence-electron chi connectivity index (χ2n) is 6.95. The number of carbonyl (C=O) groups excluding carboxylic acids is 3. The lowest BCUT2D eigenvalue weighted by atomic mass is 9.95. The highest BCUT2D eigenvalue weighted by molar-refractivity contribution is 6.21. The summed E-state index contributed by atoms with van der Waals surface area (Å²) in [5.41, 5.74) is 0.429. The number of Topliss-reactive ketones (excluding diaryl/α,β-unsaturated/α-hetero) is 1. The minimum atomic E-state index is -0.946. The maximum absolute atomic E-state index is 12.8. The van der Waals surface area contributed by atoms with Gasteiger partial charge in [0.05, 0.1) is 16.8 Å². The Balaban J connectivity index is 1.53. The smallest absolute Gasteiger partial charge is 0.276 e. The predicted octanol–water partition coefficient (Wildman–Crippen LogP) is 3.12. The van der Waals surface area contributed by atoms with E-state index in [0.29, 0.717) is 36.1 Å². The van der Waals surface area contributed by atoms with Gasteiger partial charge in [0.2, 0.25) is 0 Å². The number of amides is 2. The Morgan fingerprint density at radius 1 is 0.889 bits per heavy atom. The first-order valence-electron chi connectivity index (χ1n) is 8.91. The van der Waals surface area contributed by atoms with Gasteiger partial charge >= 0.3 is 0 Å². The molecule has 1 saturated heterocycles. The van der Waals surface area contributed by atoms with Crippen LogP contribution < -0.4 is 0 Å². The number of benzene rings is 2. The van der Waals surface area contributed by atoms with Gasteiger partial charge in [-0.1, -0.05) is 30.3 Å². The molecule has 3 atom stereocenters. The number of rotatable bonds is 3. The fourth-order valence-corrected chi connectivity index (χ4v) is 4.06. The highest BCUT2D eigenvalue weighted by Crippen LogP contribution is 2.53. The minimum Gasteiger partial charge on any atom is -0.298 e. The Labute approximate surface area is 155 Å². The van der Waals surface area contributed by atoms with Crippen LogP contribution in [0.25, 0.3) is 0 Å². The van der Waals surface area contributed by atoms with Crippen molar-refractivity contribution in [3.63, 3.8) is 0 Å². The van der Waals surface area contributed by atoms with Crippen LogP contribution in [0.5, 0.6) is 0 Å². The first-order chi connectivity index (χ1) is 13.1. The van der Waals surface area contributed by atoms with Gasteiger partial charge in [-0.05, 0) is 37.1 Å². The van der Waals surface area contributed by atoms with Crippen LogP contribution in [0, 0.1) is 0 Å². The van der Waals surface area contributed by atoms with E-state index >= 15 is 0 Å². The number of hydrogen-bond donors (Lipinski definition) is 0. The number of ketones is 1. The standard InChI is InChI=1S/C20H16N4O3/c25-16-11-6-12-20(22-21-13-7-2-1-3-8-13)17(16)24(20)23-18(26)14-9-4-5-10-15(14)19(23)27/h1-5,7-10,17H,6,11-12H2.